The van der Waals surface area contributed by atoms with E-state index in [1.165, 1.54) is 4.31 Å². The van der Waals surface area contributed by atoms with E-state index in [-0.39, 0.29) is 5.75 Å². The average molecular weight is 359 g/mol. The first-order chi connectivity index (χ1) is 11.9. The highest BCUT2D eigenvalue weighted by Gasteiger charge is 2.28. The molecule has 5 nitrogen and oxygen atoms in total. The summed E-state index contributed by atoms with van der Waals surface area (Å²) in [5.41, 5.74) is 2.06. The second-order valence-corrected chi connectivity index (χ2v) is 8.42. The molecule has 1 aliphatic heterocycles. The molecule has 0 aromatic heterocycles. The molecule has 3 rings (SSSR count). The Morgan fingerprint density at radius 1 is 1.12 bits per heavy atom. The molecule has 0 bridgehead atoms. The zero-order chi connectivity index (χ0) is 18.0. The monoisotopic (exact) mass is 359 g/mol. The maximum absolute atomic E-state index is 12.3. The summed E-state index contributed by atoms with van der Waals surface area (Å²) >= 11 is 0. The van der Waals surface area contributed by atoms with Crippen molar-refractivity contribution in [2.24, 2.45) is 0 Å². The van der Waals surface area contributed by atoms with Crippen LogP contribution in [-0.2, 0) is 10.0 Å². The summed E-state index contributed by atoms with van der Waals surface area (Å²) in [5.74, 6) is 0.558. The van der Waals surface area contributed by atoms with Crippen LogP contribution in [0.4, 0.5) is 5.69 Å². The predicted molar refractivity (Wildman–Crippen MR) is 97.7 cm³/mol. The van der Waals surface area contributed by atoms with Crippen molar-refractivity contribution in [1.82, 2.24) is 0 Å². The number of carbonyl (C=O) groups excluding carboxylic acids is 1. The highest BCUT2D eigenvalue weighted by molar-refractivity contribution is 7.93. The van der Waals surface area contributed by atoms with Crippen LogP contribution in [0.2, 0.25) is 0 Å². The molecule has 1 saturated heterocycles. The maximum Gasteiger partial charge on any atom is 0.343 e. The van der Waals surface area contributed by atoms with Crippen LogP contribution in [0.3, 0.4) is 0 Å². The van der Waals surface area contributed by atoms with Crippen LogP contribution in [0, 0.1) is 0 Å². The molecule has 1 aliphatic rings. The van der Waals surface area contributed by atoms with Gasteiger partial charge in [0.2, 0.25) is 10.0 Å². The van der Waals surface area contributed by atoms with Gasteiger partial charge in [-0.3, -0.25) is 4.31 Å². The third kappa shape index (κ3) is 3.85. The van der Waals surface area contributed by atoms with Gasteiger partial charge in [0.25, 0.3) is 0 Å². The molecule has 0 saturated carbocycles. The highest BCUT2D eigenvalue weighted by Crippen LogP contribution is 2.25. The number of carbonyl (C=O) groups is 1. The van der Waals surface area contributed by atoms with E-state index in [1.807, 2.05) is 18.2 Å². The van der Waals surface area contributed by atoms with Gasteiger partial charge in [0.1, 0.15) is 5.75 Å². The van der Waals surface area contributed by atoms with Gasteiger partial charge in [-0.25, -0.2) is 13.2 Å². The third-order valence-corrected chi connectivity index (χ3v) is 6.10. The van der Waals surface area contributed by atoms with Crippen molar-refractivity contribution >= 4 is 21.7 Å². The molecule has 0 amide bonds. The predicted octanol–water partition coefficient (Wildman–Crippen LogP) is 3.57. The molecule has 1 fully saturated rings. The van der Waals surface area contributed by atoms with Crippen LogP contribution in [0.1, 0.15) is 42.1 Å². The average Bonchev–Trinajstić information content (AvgIpc) is 2.94. The lowest BCUT2D eigenvalue weighted by Gasteiger charge is -2.17. The van der Waals surface area contributed by atoms with Crippen molar-refractivity contribution in [2.45, 2.75) is 26.2 Å². The molecule has 132 valence electrons. The van der Waals surface area contributed by atoms with Gasteiger partial charge < -0.3 is 4.74 Å². The standard InChI is InChI=1S/C19H21NO4S/c1-14(2)16-5-3-6-18(13-16)24-19(21)15-7-9-17(10-8-15)20-11-4-12-25(20,22)23/h3,5-10,13-14H,4,11-12H2,1-2H3. The first-order valence-electron chi connectivity index (χ1n) is 8.29. The molecule has 0 radical (unpaired) electrons. The Kier molecular flexibility index (Phi) is 4.81. The summed E-state index contributed by atoms with van der Waals surface area (Å²) < 4.78 is 30.7. The van der Waals surface area contributed by atoms with Crippen LogP contribution in [0.15, 0.2) is 48.5 Å². The molecule has 2 aromatic rings. The Morgan fingerprint density at radius 3 is 2.44 bits per heavy atom. The fourth-order valence-corrected chi connectivity index (χ4v) is 4.36. The van der Waals surface area contributed by atoms with Gasteiger partial charge >= 0.3 is 5.97 Å². The van der Waals surface area contributed by atoms with Gasteiger partial charge in [0.05, 0.1) is 17.0 Å². The summed E-state index contributed by atoms with van der Waals surface area (Å²) in [7, 11) is -3.22. The third-order valence-electron chi connectivity index (χ3n) is 4.23. The van der Waals surface area contributed by atoms with Crippen molar-refractivity contribution < 1.29 is 17.9 Å². The number of esters is 1. The van der Waals surface area contributed by atoms with Crippen LogP contribution >= 0.6 is 0 Å². The molecule has 0 aliphatic carbocycles. The summed E-state index contributed by atoms with van der Waals surface area (Å²) in [4.78, 5) is 12.3. The second kappa shape index (κ2) is 6.88. The largest absolute Gasteiger partial charge is 0.423 e. The summed E-state index contributed by atoms with van der Waals surface area (Å²) in [6.07, 6.45) is 0.623. The van der Waals surface area contributed by atoms with E-state index in [0.29, 0.717) is 35.9 Å². The van der Waals surface area contributed by atoms with Crippen molar-refractivity contribution in [3.8, 4) is 5.75 Å². The van der Waals surface area contributed by atoms with Gasteiger partial charge in [-0.05, 0) is 54.3 Å². The molecule has 1 heterocycles. The SMILES string of the molecule is CC(C)c1cccc(OC(=O)c2ccc(N3CCCS3(=O)=O)cc2)c1. The van der Waals surface area contributed by atoms with E-state index < -0.39 is 16.0 Å². The smallest absolute Gasteiger partial charge is 0.343 e. The first kappa shape index (κ1) is 17.5. The van der Waals surface area contributed by atoms with Gasteiger partial charge in [-0.15, -0.1) is 0 Å². The lowest BCUT2D eigenvalue weighted by molar-refractivity contribution is 0.0734. The number of nitrogens with zero attached hydrogens (tertiary/aromatic N) is 1. The van der Waals surface area contributed by atoms with E-state index in [1.54, 1.807) is 30.3 Å². The molecular formula is C19H21NO4S. The van der Waals surface area contributed by atoms with Crippen molar-refractivity contribution in [1.29, 1.82) is 0 Å². The highest BCUT2D eigenvalue weighted by atomic mass is 32.2. The lowest BCUT2D eigenvalue weighted by atomic mass is 10.0. The molecule has 25 heavy (non-hydrogen) atoms. The van der Waals surface area contributed by atoms with Crippen LogP contribution in [-0.4, -0.2) is 26.7 Å². The van der Waals surface area contributed by atoms with E-state index in [2.05, 4.69) is 13.8 Å². The fraction of sp³-hybridized carbons (Fsp3) is 0.316. The lowest BCUT2D eigenvalue weighted by Crippen LogP contribution is -2.25. The number of rotatable bonds is 4. The van der Waals surface area contributed by atoms with Crippen LogP contribution in [0.25, 0.3) is 0 Å². The van der Waals surface area contributed by atoms with E-state index in [9.17, 15) is 13.2 Å². The van der Waals surface area contributed by atoms with Crippen LogP contribution < -0.4 is 9.04 Å². The van der Waals surface area contributed by atoms with Gasteiger partial charge in [-0.1, -0.05) is 26.0 Å². The summed E-state index contributed by atoms with van der Waals surface area (Å²) in [6.45, 7) is 4.63. The quantitative estimate of drug-likeness (QED) is 0.618. The molecule has 6 heteroatoms. The minimum Gasteiger partial charge on any atom is -0.423 e. The molecule has 0 N–H and O–H groups in total. The zero-order valence-corrected chi connectivity index (χ0v) is 15.1. The Balaban J connectivity index is 1.74. The van der Waals surface area contributed by atoms with Gasteiger partial charge in [-0.2, -0.15) is 0 Å². The van der Waals surface area contributed by atoms with Gasteiger partial charge in [0, 0.05) is 6.54 Å². The second-order valence-electron chi connectivity index (χ2n) is 6.41. The van der Waals surface area contributed by atoms with E-state index in [4.69, 9.17) is 4.74 Å². The maximum atomic E-state index is 12.3. The minimum absolute atomic E-state index is 0.170. The Labute approximate surface area is 148 Å². The first-order valence-corrected chi connectivity index (χ1v) is 9.90. The summed E-state index contributed by atoms with van der Waals surface area (Å²) in [5, 5.41) is 0. The van der Waals surface area contributed by atoms with E-state index in [0.717, 1.165) is 5.56 Å². The Bertz CT molecular complexity index is 873. The number of hydrogen-bond acceptors (Lipinski definition) is 4. The molecule has 0 unspecified atom stereocenters. The van der Waals surface area contributed by atoms with Gasteiger partial charge in [0.15, 0.2) is 0 Å². The number of hydrogen-bond donors (Lipinski definition) is 0. The zero-order valence-electron chi connectivity index (χ0n) is 14.3. The summed E-state index contributed by atoms with van der Waals surface area (Å²) in [6, 6.07) is 13.9. The molecule has 2 aromatic carbocycles. The topological polar surface area (TPSA) is 63.7 Å². The minimum atomic E-state index is -3.22. The fourth-order valence-electron chi connectivity index (χ4n) is 2.80. The molecule has 0 spiro atoms. The molecular weight excluding hydrogens is 338 g/mol. The normalized spacial score (nSPS) is 16.2. The number of ether oxygens (including phenoxy) is 1. The van der Waals surface area contributed by atoms with Crippen LogP contribution in [0.5, 0.6) is 5.75 Å². The van der Waals surface area contributed by atoms with Crippen molar-refractivity contribution in [2.75, 3.05) is 16.6 Å². The van der Waals surface area contributed by atoms with Crippen molar-refractivity contribution in [3.63, 3.8) is 0 Å². The van der Waals surface area contributed by atoms with E-state index >= 15 is 0 Å². The molecule has 0 atom stereocenters. The number of anilines is 1. The Hall–Kier alpha value is -2.34. The number of sulfonamides is 1. The Morgan fingerprint density at radius 2 is 1.84 bits per heavy atom. The number of benzene rings is 2. The van der Waals surface area contributed by atoms with Crippen molar-refractivity contribution in [3.05, 3.63) is 59.7 Å².